The average molecular weight is 390 g/mol. The van der Waals surface area contributed by atoms with E-state index in [1.807, 2.05) is 30.3 Å². The number of rotatable bonds is 5. The van der Waals surface area contributed by atoms with Crippen molar-refractivity contribution in [3.63, 3.8) is 0 Å². The van der Waals surface area contributed by atoms with Crippen molar-refractivity contribution in [2.24, 2.45) is 0 Å². The van der Waals surface area contributed by atoms with Gasteiger partial charge in [-0.05, 0) is 35.9 Å². The summed E-state index contributed by atoms with van der Waals surface area (Å²) in [6, 6.07) is 12.7. The van der Waals surface area contributed by atoms with E-state index in [4.69, 9.17) is 27.9 Å². The van der Waals surface area contributed by atoms with E-state index in [9.17, 15) is 4.79 Å². The van der Waals surface area contributed by atoms with Gasteiger partial charge in [-0.1, -0.05) is 35.3 Å². The van der Waals surface area contributed by atoms with Crippen LogP contribution in [0.1, 0.15) is 5.56 Å². The van der Waals surface area contributed by atoms with Gasteiger partial charge in [0.2, 0.25) is 5.91 Å². The molecule has 26 heavy (non-hydrogen) atoms. The van der Waals surface area contributed by atoms with Gasteiger partial charge >= 0.3 is 0 Å². The Morgan fingerprint density at radius 2 is 1.85 bits per heavy atom. The number of nitrogens with one attached hydrogen (secondary N) is 2. The van der Waals surface area contributed by atoms with Crippen LogP contribution in [0.3, 0.4) is 0 Å². The zero-order valence-electron chi connectivity index (χ0n) is 14.3. The minimum Gasteiger partial charge on any atom is -0.497 e. The van der Waals surface area contributed by atoms with E-state index in [1.54, 1.807) is 26.3 Å². The van der Waals surface area contributed by atoms with Gasteiger partial charge in [-0.2, -0.15) is 0 Å². The number of hydrogen-bond acceptors (Lipinski definition) is 4. The van der Waals surface area contributed by atoms with Crippen molar-refractivity contribution < 1.29 is 9.53 Å². The molecule has 1 heterocycles. The van der Waals surface area contributed by atoms with Crippen LogP contribution in [0.4, 0.5) is 11.4 Å². The summed E-state index contributed by atoms with van der Waals surface area (Å²) >= 11 is 12.3. The number of hydrogen-bond donors (Lipinski definition) is 2. The van der Waals surface area contributed by atoms with E-state index in [-0.39, 0.29) is 17.5 Å². The third-order valence-electron chi connectivity index (χ3n) is 3.94. The molecule has 0 saturated carbocycles. The first-order valence-electron chi connectivity index (χ1n) is 7.91. The maximum Gasteiger partial charge on any atom is 0.228 e. The molecule has 1 amide bonds. The number of carbonyl (C=O) groups is 1. The summed E-state index contributed by atoms with van der Waals surface area (Å²) in [5.74, 6) is 0.552. The quantitative estimate of drug-likeness (QED) is 0.616. The fraction of sp³-hybridized carbons (Fsp3) is 0.158. The highest BCUT2D eigenvalue weighted by Crippen LogP contribution is 2.36. The number of nitrogens with zero attached hydrogens (tertiary/aromatic N) is 1. The van der Waals surface area contributed by atoms with Gasteiger partial charge in [-0.25, -0.2) is 4.98 Å². The molecule has 0 fully saturated rings. The molecule has 2 N–H and O–H groups in total. The largest absolute Gasteiger partial charge is 0.497 e. The highest BCUT2D eigenvalue weighted by molar-refractivity contribution is 6.35. The predicted molar refractivity (Wildman–Crippen MR) is 107 cm³/mol. The van der Waals surface area contributed by atoms with Crippen molar-refractivity contribution in [1.29, 1.82) is 0 Å². The summed E-state index contributed by atoms with van der Waals surface area (Å²) in [4.78, 5) is 16.8. The van der Waals surface area contributed by atoms with Gasteiger partial charge in [0, 0.05) is 17.5 Å². The Bertz CT molecular complexity index is 959. The topological polar surface area (TPSA) is 63.2 Å². The number of anilines is 2. The van der Waals surface area contributed by atoms with Crippen molar-refractivity contribution in [3.05, 3.63) is 58.2 Å². The lowest BCUT2D eigenvalue weighted by molar-refractivity contribution is -0.115. The SMILES string of the molecule is CNc1c(NC(=O)Cc2ccc(OC)cc2)c(Cl)nc2cc(Cl)ccc12. The van der Waals surface area contributed by atoms with Crippen LogP contribution < -0.4 is 15.4 Å². The number of pyridine rings is 1. The average Bonchev–Trinajstić information content (AvgIpc) is 2.63. The second kappa shape index (κ2) is 7.81. The third-order valence-corrected chi connectivity index (χ3v) is 4.45. The Kier molecular flexibility index (Phi) is 5.49. The van der Waals surface area contributed by atoms with Crippen LogP contribution in [-0.2, 0) is 11.2 Å². The standard InChI is InChI=1S/C19H17Cl2N3O2/c1-22-17-14-8-5-12(20)10-15(14)23-19(21)18(17)24-16(25)9-11-3-6-13(26-2)7-4-11/h3-8,10H,9H2,1-2H3,(H,22,23)(H,24,25). The Labute approximate surface area is 161 Å². The maximum absolute atomic E-state index is 12.5. The molecule has 0 atom stereocenters. The Morgan fingerprint density at radius 3 is 2.50 bits per heavy atom. The molecular formula is C19H17Cl2N3O2. The normalized spacial score (nSPS) is 10.6. The first-order valence-corrected chi connectivity index (χ1v) is 8.66. The Morgan fingerprint density at radius 1 is 1.12 bits per heavy atom. The molecule has 0 bridgehead atoms. The molecule has 134 valence electrons. The highest BCUT2D eigenvalue weighted by atomic mass is 35.5. The van der Waals surface area contributed by atoms with Crippen LogP contribution in [0.25, 0.3) is 10.9 Å². The molecule has 0 unspecified atom stereocenters. The smallest absolute Gasteiger partial charge is 0.228 e. The molecule has 0 radical (unpaired) electrons. The van der Waals surface area contributed by atoms with Gasteiger partial charge in [-0.3, -0.25) is 4.79 Å². The van der Waals surface area contributed by atoms with Crippen LogP contribution in [0.2, 0.25) is 10.2 Å². The first-order chi connectivity index (χ1) is 12.5. The molecule has 0 saturated heterocycles. The number of aromatic nitrogens is 1. The molecule has 3 rings (SSSR count). The predicted octanol–water partition coefficient (Wildman–Crippen LogP) is 4.77. The zero-order valence-corrected chi connectivity index (χ0v) is 15.8. The van der Waals surface area contributed by atoms with Crippen LogP contribution in [0, 0.1) is 0 Å². The summed E-state index contributed by atoms with van der Waals surface area (Å²) in [6.45, 7) is 0. The van der Waals surface area contributed by atoms with E-state index in [2.05, 4.69) is 15.6 Å². The van der Waals surface area contributed by atoms with Crippen LogP contribution in [-0.4, -0.2) is 25.0 Å². The molecule has 1 aromatic heterocycles. The summed E-state index contributed by atoms with van der Waals surface area (Å²) in [6.07, 6.45) is 0.210. The maximum atomic E-state index is 12.5. The number of halogens is 2. The fourth-order valence-corrected chi connectivity index (χ4v) is 3.09. The number of carbonyl (C=O) groups excluding carboxylic acids is 1. The second-order valence-electron chi connectivity index (χ2n) is 5.64. The number of ether oxygens (including phenoxy) is 1. The second-order valence-corrected chi connectivity index (χ2v) is 6.43. The number of methoxy groups -OCH3 is 1. The van der Waals surface area contributed by atoms with Gasteiger partial charge in [0.15, 0.2) is 5.15 Å². The van der Waals surface area contributed by atoms with Crippen molar-refractivity contribution in [3.8, 4) is 5.75 Å². The van der Waals surface area contributed by atoms with Crippen molar-refractivity contribution >= 4 is 51.4 Å². The summed E-state index contributed by atoms with van der Waals surface area (Å²) in [5.41, 5.74) is 2.66. The molecule has 0 aliphatic carbocycles. The van der Waals surface area contributed by atoms with Crippen molar-refractivity contribution in [2.75, 3.05) is 24.8 Å². The molecule has 0 spiro atoms. The minimum absolute atomic E-state index is 0.191. The molecule has 0 aliphatic rings. The molecule has 2 aromatic carbocycles. The Hall–Kier alpha value is -2.50. The molecule has 0 aliphatic heterocycles. The lowest BCUT2D eigenvalue weighted by Crippen LogP contribution is -2.16. The lowest BCUT2D eigenvalue weighted by atomic mass is 10.1. The molecule has 3 aromatic rings. The molecular weight excluding hydrogens is 373 g/mol. The number of benzene rings is 2. The van der Waals surface area contributed by atoms with Crippen molar-refractivity contribution in [1.82, 2.24) is 4.98 Å². The van der Waals surface area contributed by atoms with Gasteiger partial charge in [0.05, 0.1) is 24.7 Å². The van der Waals surface area contributed by atoms with Crippen LogP contribution in [0.5, 0.6) is 5.75 Å². The number of fused-ring (bicyclic) bond motifs is 1. The van der Waals surface area contributed by atoms with E-state index < -0.39 is 0 Å². The van der Waals surface area contributed by atoms with Gasteiger partial charge in [0.25, 0.3) is 0 Å². The molecule has 7 heteroatoms. The first kappa shape index (κ1) is 18.3. The monoisotopic (exact) mass is 389 g/mol. The summed E-state index contributed by atoms with van der Waals surface area (Å²) < 4.78 is 5.12. The van der Waals surface area contributed by atoms with Crippen LogP contribution in [0.15, 0.2) is 42.5 Å². The van der Waals surface area contributed by atoms with E-state index >= 15 is 0 Å². The summed E-state index contributed by atoms with van der Waals surface area (Å²) in [5, 5.41) is 7.53. The van der Waals surface area contributed by atoms with Gasteiger partial charge in [0.1, 0.15) is 11.4 Å². The van der Waals surface area contributed by atoms with E-state index in [1.165, 1.54) is 0 Å². The number of amides is 1. The van der Waals surface area contributed by atoms with Crippen LogP contribution >= 0.6 is 23.2 Å². The van der Waals surface area contributed by atoms with E-state index in [0.29, 0.717) is 21.9 Å². The van der Waals surface area contributed by atoms with Gasteiger partial charge in [-0.15, -0.1) is 0 Å². The molecule has 5 nitrogen and oxygen atoms in total. The minimum atomic E-state index is -0.191. The van der Waals surface area contributed by atoms with Gasteiger partial charge < -0.3 is 15.4 Å². The highest BCUT2D eigenvalue weighted by Gasteiger charge is 2.16. The Balaban J connectivity index is 1.88. The van der Waals surface area contributed by atoms with E-state index in [0.717, 1.165) is 16.7 Å². The lowest BCUT2D eigenvalue weighted by Gasteiger charge is -2.15. The zero-order chi connectivity index (χ0) is 18.7. The third kappa shape index (κ3) is 3.84. The fourth-order valence-electron chi connectivity index (χ4n) is 2.69. The van der Waals surface area contributed by atoms with Crippen molar-refractivity contribution in [2.45, 2.75) is 6.42 Å². The summed E-state index contributed by atoms with van der Waals surface area (Å²) in [7, 11) is 3.36.